The van der Waals surface area contributed by atoms with Crippen molar-refractivity contribution in [1.82, 2.24) is 15.5 Å². The molecule has 0 bridgehead atoms. The summed E-state index contributed by atoms with van der Waals surface area (Å²) in [5, 5.41) is 8.47. The van der Waals surface area contributed by atoms with Gasteiger partial charge in [0.2, 0.25) is 11.8 Å². The fourth-order valence-corrected chi connectivity index (χ4v) is 8.06. The molecule has 1 aromatic carbocycles. The van der Waals surface area contributed by atoms with E-state index in [0.29, 0.717) is 18.5 Å². The molecule has 7 heteroatoms. The molecule has 3 aliphatic rings. The minimum Gasteiger partial charge on any atom is -0.468 e. The van der Waals surface area contributed by atoms with Gasteiger partial charge in [-0.25, -0.2) is 0 Å². The quantitative estimate of drug-likeness (QED) is 0.322. The molecule has 2 amide bonds. The normalized spacial score (nSPS) is 23.1. The molecule has 0 spiro atoms. The van der Waals surface area contributed by atoms with Crippen LogP contribution in [0, 0.1) is 5.92 Å². The van der Waals surface area contributed by atoms with Gasteiger partial charge < -0.3 is 9.73 Å². The number of furan rings is 1. The number of nitrogens with zero attached hydrogens (tertiary/aromatic N) is 1. The number of benzene rings is 1. The molecule has 2 aliphatic carbocycles. The molecule has 2 N–H and O–H groups in total. The Balaban J connectivity index is 1.17. The molecule has 2 fully saturated rings. The summed E-state index contributed by atoms with van der Waals surface area (Å²) >= 11 is 1.71. The average Bonchev–Trinajstić information content (AvgIpc) is 3.78. The van der Waals surface area contributed by atoms with Crippen LogP contribution < -0.4 is 10.6 Å². The van der Waals surface area contributed by atoms with E-state index >= 15 is 0 Å². The number of amides is 2. The average molecular weight is 546 g/mol. The maximum absolute atomic E-state index is 13.9. The highest BCUT2D eigenvalue weighted by Crippen LogP contribution is 2.47. The van der Waals surface area contributed by atoms with Gasteiger partial charge in [-0.2, -0.15) is 0 Å². The summed E-state index contributed by atoms with van der Waals surface area (Å²) in [7, 11) is 0. The molecular weight excluding hydrogens is 506 g/mol. The third-order valence-electron chi connectivity index (χ3n) is 9.03. The standard InChI is InChI=1S/C32H39N3O3S/c36-28(17-18-33-30(22-9-1-2-10-22)26-15-7-19-38-26)34-32(37)29-25-14-6-3-11-23(25)21-35(24-12-4-5-13-24)31(29)27-16-8-20-39-27/h3,6-8,11,14-16,19-20,22,24,29-31,33H,1-2,4-5,9-10,12-13,17-18,21H2,(H,34,36,37). The van der Waals surface area contributed by atoms with Gasteiger partial charge >= 0.3 is 0 Å². The van der Waals surface area contributed by atoms with Gasteiger partial charge in [0.15, 0.2) is 0 Å². The number of hydrogen-bond donors (Lipinski definition) is 2. The van der Waals surface area contributed by atoms with E-state index < -0.39 is 5.92 Å². The predicted octanol–water partition coefficient (Wildman–Crippen LogP) is 6.48. The highest BCUT2D eigenvalue weighted by atomic mass is 32.1. The Morgan fingerprint density at radius 1 is 0.974 bits per heavy atom. The fraction of sp³-hybridized carbons (Fsp3) is 0.500. The molecule has 2 aromatic heterocycles. The first-order valence-corrected chi connectivity index (χ1v) is 15.5. The van der Waals surface area contributed by atoms with Crippen molar-refractivity contribution in [1.29, 1.82) is 0 Å². The Hall–Kier alpha value is -2.74. The molecule has 206 valence electrons. The monoisotopic (exact) mass is 545 g/mol. The molecule has 3 aromatic rings. The van der Waals surface area contributed by atoms with Gasteiger partial charge in [0.05, 0.1) is 24.3 Å². The summed E-state index contributed by atoms with van der Waals surface area (Å²) < 4.78 is 5.72. The lowest BCUT2D eigenvalue weighted by molar-refractivity contribution is -0.132. The van der Waals surface area contributed by atoms with Crippen molar-refractivity contribution >= 4 is 23.2 Å². The highest BCUT2D eigenvalue weighted by molar-refractivity contribution is 7.10. The third-order valence-corrected chi connectivity index (χ3v) is 9.97. The number of hydrogen-bond acceptors (Lipinski definition) is 6. The number of rotatable bonds is 9. The van der Waals surface area contributed by atoms with E-state index in [0.717, 1.165) is 17.9 Å². The van der Waals surface area contributed by atoms with E-state index in [4.69, 9.17) is 4.42 Å². The van der Waals surface area contributed by atoms with Crippen LogP contribution in [0.25, 0.3) is 0 Å². The van der Waals surface area contributed by atoms with Crippen LogP contribution in [0.2, 0.25) is 0 Å². The lowest BCUT2D eigenvalue weighted by Crippen LogP contribution is -2.48. The fourth-order valence-electron chi connectivity index (χ4n) is 7.18. The number of fused-ring (bicyclic) bond motifs is 1. The predicted molar refractivity (Wildman–Crippen MR) is 153 cm³/mol. The van der Waals surface area contributed by atoms with Crippen LogP contribution in [-0.4, -0.2) is 29.3 Å². The van der Waals surface area contributed by atoms with Crippen LogP contribution in [0.1, 0.15) is 97.6 Å². The molecule has 2 saturated carbocycles. The van der Waals surface area contributed by atoms with Gasteiger partial charge in [0, 0.05) is 30.4 Å². The number of imide groups is 1. The maximum atomic E-state index is 13.9. The smallest absolute Gasteiger partial charge is 0.236 e. The first-order chi connectivity index (χ1) is 19.2. The maximum Gasteiger partial charge on any atom is 0.236 e. The van der Waals surface area contributed by atoms with Crippen LogP contribution in [0.5, 0.6) is 0 Å². The third kappa shape index (κ3) is 5.76. The minimum absolute atomic E-state index is 0.0559. The Labute approximate surface area is 235 Å². The van der Waals surface area contributed by atoms with E-state index in [1.54, 1.807) is 17.6 Å². The van der Waals surface area contributed by atoms with Crippen LogP contribution in [-0.2, 0) is 16.1 Å². The summed E-state index contributed by atoms with van der Waals surface area (Å²) in [5.74, 6) is 0.626. The molecule has 0 saturated heterocycles. The Kier molecular flexibility index (Phi) is 8.28. The van der Waals surface area contributed by atoms with Crippen LogP contribution in [0.15, 0.2) is 64.6 Å². The summed E-state index contributed by atoms with van der Waals surface area (Å²) in [5.41, 5.74) is 2.25. The van der Waals surface area contributed by atoms with E-state index in [9.17, 15) is 9.59 Å². The lowest BCUT2D eigenvalue weighted by atomic mass is 9.81. The molecule has 1 aliphatic heterocycles. The van der Waals surface area contributed by atoms with Crippen molar-refractivity contribution in [2.45, 2.75) is 88.4 Å². The topological polar surface area (TPSA) is 74.6 Å². The number of thiophene rings is 1. The zero-order valence-corrected chi connectivity index (χ0v) is 23.3. The van der Waals surface area contributed by atoms with E-state index in [1.807, 2.05) is 18.2 Å². The molecule has 3 heterocycles. The molecule has 6 rings (SSSR count). The van der Waals surface area contributed by atoms with Crippen LogP contribution >= 0.6 is 11.3 Å². The van der Waals surface area contributed by atoms with Crippen molar-refractivity contribution in [3.63, 3.8) is 0 Å². The van der Waals surface area contributed by atoms with E-state index in [1.165, 1.54) is 61.8 Å². The van der Waals surface area contributed by atoms with Crippen LogP contribution in [0.3, 0.4) is 0 Å². The van der Waals surface area contributed by atoms with Crippen molar-refractivity contribution < 1.29 is 14.0 Å². The lowest BCUT2D eigenvalue weighted by Gasteiger charge is -2.44. The molecule has 6 nitrogen and oxygen atoms in total. The van der Waals surface area contributed by atoms with Crippen LogP contribution in [0.4, 0.5) is 0 Å². The largest absolute Gasteiger partial charge is 0.468 e. The zero-order valence-electron chi connectivity index (χ0n) is 22.5. The second kappa shape index (κ2) is 12.2. The van der Waals surface area contributed by atoms with Gasteiger partial charge in [0.1, 0.15) is 5.76 Å². The van der Waals surface area contributed by atoms with Crippen molar-refractivity contribution in [3.8, 4) is 0 Å². The van der Waals surface area contributed by atoms with Crippen molar-refractivity contribution in [2.75, 3.05) is 6.54 Å². The Morgan fingerprint density at radius 2 is 1.77 bits per heavy atom. The molecular formula is C32H39N3O3S. The second-order valence-electron chi connectivity index (χ2n) is 11.4. The summed E-state index contributed by atoms with van der Waals surface area (Å²) in [6.07, 6.45) is 11.6. The van der Waals surface area contributed by atoms with Gasteiger partial charge in [-0.1, -0.05) is 56.0 Å². The summed E-state index contributed by atoms with van der Waals surface area (Å²) in [6.45, 7) is 1.35. The van der Waals surface area contributed by atoms with E-state index in [2.05, 4.69) is 51.2 Å². The summed E-state index contributed by atoms with van der Waals surface area (Å²) in [6, 6.07) is 17.0. The van der Waals surface area contributed by atoms with Gasteiger partial charge in [0.25, 0.3) is 0 Å². The SMILES string of the molecule is O=C(CCNC(c1ccco1)C1CCCC1)NC(=O)C1c2ccccc2CN(C2CCCC2)C1c1cccs1. The molecule has 0 radical (unpaired) electrons. The molecule has 3 atom stereocenters. The zero-order chi connectivity index (χ0) is 26.6. The second-order valence-corrected chi connectivity index (χ2v) is 12.4. The van der Waals surface area contributed by atoms with Gasteiger partial charge in [-0.15, -0.1) is 11.3 Å². The first kappa shape index (κ1) is 26.5. The minimum atomic E-state index is -0.416. The number of carbonyl (C=O) groups is 2. The van der Waals surface area contributed by atoms with Gasteiger partial charge in [-0.05, 0) is 66.3 Å². The Bertz CT molecular complexity index is 1230. The molecule has 3 unspecified atom stereocenters. The highest BCUT2D eigenvalue weighted by Gasteiger charge is 2.44. The Morgan fingerprint density at radius 3 is 2.51 bits per heavy atom. The van der Waals surface area contributed by atoms with Crippen molar-refractivity contribution in [2.24, 2.45) is 5.92 Å². The molecule has 39 heavy (non-hydrogen) atoms. The number of carbonyl (C=O) groups excluding carboxylic acids is 2. The van der Waals surface area contributed by atoms with Gasteiger partial charge in [-0.3, -0.25) is 19.8 Å². The van der Waals surface area contributed by atoms with E-state index in [-0.39, 0.29) is 30.3 Å². The number of nitrogens with one attached hydrogen (secondary N) is 2. The summed E-state index contributed by atoms with van der Waals surface area (Å²) in [4.78, 5) is 30.8. The first-order valence-electron chi connectivity index (χ1n) is 14.7. The van der Waals surface area contributed by atoms with Crippen molar-refractivity contribution in [3.05, 3.63) is 81.9 Å².